The second-order valence-corrected chi connectivity index (χ2v) is 7.29. The van der Waals surface area contributed by atoms with Crippen LogP contribution >= 0.6 is 0 Å². The van der Waals surface area contributed by atoms with Crippen LogP contribution in [0.4, 0.5) is 0 Å². The molecule has 0 radical (unpaired) electrons. The Morgan fingerprint density at radius 1 is 1.12 bits per heavy atom. The monoisotopic (exact) mass is 320 g/mol. The van der Waals surface area contributed by atoms with Gasteiger partial charge >= 0.3 is 0 Å². The SMILES string of the molecule is Cc1cc(-c2noc(C3C[C@H]4C[C@@H](N)[C@H]4C3)n2)nc2ccccc12. The molecule has 24 heavy (non-hydrogen) atoms. The van der Waals surface area contributed by atoms with Gasteiger partial charge in [0.2, 0.25) is 11.7 Å². The van der Waals surface area contributed by atoms with Crippen LogP contribution < -0.4 is 5.73 Å². The molecule has 3 aromatic rings. The molecule has 5 rings (SSSR count). The molecular formula is C19H20N4O. The lowest BCUT2D eigenvalue weighted by Crippen LogP contribution is -2.44. The number of hydrogen-bond acceptors (Lipinski definition) is 5. The van der Waals surface area contributed by atoms with E-state index in [1.54, 1.807) is 0 Å². The van der Waals surface area contributed by atoms with Gasteiger partial charge in [0.25, 0.3) is 0 Å². The summed E-state index contributed by atoms with van der Waals surface area (Å²) < 4.78 is 5.57. The second-order valence-electron chi connectivity index (χ2n) is 7.29. The summed E-state index contributed by atoms with van der Waals surface area (Å²) in [7, 11) is 0. The van der Waals surface area contributed by atoms with Crippen molar-refractivity contribution in [2.75, 3.05) is 0 Å². The minimum Gasteiger partial charge on any atom is -0.339 e. The summed E-state index contributed by atoms with van der Waals surface area (Å²) in [4.78, 5) is 9.35. The lowest BCUT2D eigenvalue weighted by atomic mass is 9.72. The Bertz CT molecular complexity index is 919. The average Bonchev–Trinajstić information content (AvgIpc) is 3.19. The van der Waals surface area contributed by atoms with Gasteiger partial charge in [-0.3, -0.25) is 0 Å². The molecule has 0 amide bonds. The summed E-state index contributed by atoms with van der Waals surface area (Å²) in [6, 6.07) is 10.5. The third-order valence-corrected chi connectivity index (χ3v) is 5.82. The highest BCUT2D eigenvalue weighted by molar-refractivity contribution is 5.84. The number of hydrogen-bond donors (Lipinski definition) is 1. The van der Waals surface area contributed by atoms with E-state index in [0.29, 0.717) is 23.7 Å². The lowest BCUT2D eigenvalue weighted by Gasteiger charge is -2.37. The zero-order chi connectivity index (χ0) is 16.3. The van der Waals surface area contributed by atoms with Crippen LogP contribution in [-0.4, -0.2) is 21.2 Å². The van der Waals surface area contributed by atoms with E-state index in [-0.39, 0.29) is 0 Å². The van der Waals surface area contributed by atoms with E-state index < -0.39 is 0 Å². The molecule has 0 bridgehead atoms. The Labute approximate surface area is 140 Å². The van der Waals surface area contributed by atoms with Crippen LogP contribution in [0.25, 0.3) is 22.4 Å². The smallest absolute Gasteiger partial charge is 0.230 e. The van der Waals surface area contributed by atoms with Crippen molar-refractivity contribution in [1.82, 2.24) is 15.1 Å². The fourth-order valence-electron chi connectivity index (χ4n) is 4.45. The summed E-state index contributed by atoms with van der Waals surface area (Å²) in [6.07, 6.45) is 3.36. The maximum atomic E-state index is 6.09. The predicted molar refractivity (Wildman–Crippen MR) is 91.3 cm³/mol. The molecule has 4 atom stereocenters. The van der Waals surface area contributed by atoms with Gasteiger partial charge in [0.1, 0.15) is 5.69 Å². The molecule has 0 saturated heterocycles. The fraction of sp³-hybridized carbons (Fsp3) is 0.421. The Morgan fingerprint density at radius 2 is 2.00 bits per heavy atom. The van der Waals surface area contributed by atoms with Gasteiger partial charge in [-0.1, -0.05) is 23.4 Å². The van der Waals surface area contributed by atoms with E-state index >= 15 is 0 Å². The van der Waals surface area contributed by atoms with Crippen LogP contribution in [0.15, 0.2) is 34.9 Å². The van der Waals surface area contributed by atoms with Crippen LogP contribution in [0.3, 0.4) is 0 Å². The van der Waals surface area contributed by atoms with Gasteiger partial charge in [0.05, 0.1) is 5.52 Å². The first-order valence-corrected chi connectivity index (χ1v) is 8.65. The zero-order valence-corrected chi connectivity index (χ0v) is 13.6. The summed E-state index contributed by atoms with van der Waals surface area (Å²) in [5, 5.41) is 5.35. The van der Waals surface area contributed by atoms with Crippen LogP contribution in [0.1, 0.15) is 36.6 Å². The topological polar surface area (TPSA) is 77.8 Å². The Balaban J connectivity index is 1.47. The molecule has 2 fully saturated rings. The molecule has 1 unspecified atom stereocenters. The quantitative estimate of drug-likeness (QED) is 0.782. The first kappa shape index (κ1) is 14.1. The number of nitrogens with two attached hydrogens (primary N) is 1. The molecule has 2 aliphatic carbocycles. The highest BCUT2D eigenvalue weighted by Crippen LogP contribution is 2.52. The molecule has 5 heteroatoms. The number of benzene rings is 1. The number of aromatic nitrogens is 3. The summed E-state index contributed by atoms with van der Waals surface area (Å²) in [5.41, 5.74) is 9.00. The van der Waals surface area contributed by atoms with E-state index in [0.717, 1.165) is 47.7 Å². The molecule has 1 aromatic carbocycles. The average molecular weight is 320 g/mol. The number of aryl methyl sites for hydroxylation is 1. The van der Waals surface area contributed by atoms with Gasteiger partial charge in [-0.05, 0) is 55.7 Å². The van der Waals surface area contributed by atoms with E-state index in [2.05, 4.69) is 23.1 Å². The van der Waals surface area contributed by atoms with Crippen molar-refractivity contribution in [2.24, 2.45) is 17.6 Å². The number of pyridine rings is 1. The standard InChI is InChI=1S/C19H20N4O/c1-10-6-17(21-16-5-3-2-4-13(10)16)18-22-19(24-23-18)12-7-11-9-15(20)14(11)8-12/h2-6,11-12,14-15H,7-9,20H2,1H3/t11-,12?,14-,15+/m0/s1. The summed E-state index contributed by atoms with van der Waals surface area (Å²) in [5.74, 6) is 3.09. The summed E-state index contributed by atoms with van der Waals surface area (Å²) in [6.45, 7) is 2.09. The summed E-state index contributed by atoms with van der Waals surface area (Å²) >= 11 is 0. The minimum absolute atomic E-state index is 0.358. The second kappa shape index (κ2) is 5.11. The first-order chi connectivity index (χ1) is 11.7. The van der Waals surface area contributed by atoms with E-state index in [1.165, 1.54) is 5.56 Å². The Morgan fingerprint density at radius 3 is 2.83 bits per heavy atom. The van der Waals surface area contributed by atoms with Gasteiger partial charge in [-0.2, -0.15) is 4.98 Å². The van der Waals surface area contributed by atoms with Crippen molar-refractivity contribution >= 4 is 10.9 Å². The number of fused-ring (bicyclic) bond motifs is 2. The molecule has 122 valence electrons. The van der Waals surface area contributed by atoms with E-state index in [1.807, 2.05) is 24.3 Å². The molecule has 5 nitrogen and oxygen atoms in total. The van der Waals surface area contributed by atoms with Gasteiger partial charge in [-0.15, -0.1) is 0 Å². The molecule has 2 heterocycles. The lowest BCUT2D eigenvalue weighted by molar-refractivity contribution is 0.173. The molecule has 0 aliphatic heterocycles. The Kier molecular flexibility index (Phi) is 3.00. The number of nitrogens with zero attached hydrogens (tertiary/aromatic N) is 3. The van der Waals surface area contributed by atoms with Crippen LogP contribution in [0.2, 0.25) is 0 Å². The molecular weight excluding hydrogens is 300 g/mol. The number of para-hydroxylation sites is 1. The molecule has 0 spiro atoms. The maximum Gasteiger partial charge on any atom is 0.230 e. The molecule has 2 aromatic heterocycles. The van der Waals surface area contributed by atoms with Crippen molar-refractivity contribution in [1.29, 1.82) is 0 Å². The van der Waals surface area contributed by atoms with E-state index in [9.17, 15) is 0 Å². The van der Waals surface area contributed by atoms with Crippen LogP contribution in [-0.2, 0) is 0 Å². The van der Waals surface area contributed by atoms with Crippen molar-refractivity contribution < 1.29 is 4.52 Å². The first-order valence-electron chi connectivity index (χ1n) is 8.65. The minimum atomic E-state index is 0.358. The molecule has 2 saturated carbocycles. The predicted octanol–water partition coefficient (Wildman–Crippen LogP) is 3.43. The Hall–Kier alpha value is -2.27. The van der Waals surface area contributed by atoms with Gasteiger partial charge < -0.3 is 10.3 Å². The van der Waals surface area contributed by atoms with Crippen LogP contribution in [0.5, 0.6) is 0 Å². The molecule has 2 N–H and O–H groups in total. The van der Waals surface area contributed by atoms with Crippen molar-refractivity contribution in [2.45, 2.75) is 38.1 Å². The molecule has 2 aliphatic rings. The number of rotatable bonds is 2. The van der Waals surface area contributed by atoms with Gasteiger partial charge in [0, 0.05) is 17.3 Å². The highest BCUT2D eigenvalue weighted by Gasteiger charge is 2.47. The highest BCUT2D eigenvalue weighted by atomic mass is 16.5. The fourth-order valence-corrected chi connectivity index (χ4v) is 4.45. The van der Waals surface area contributed by atoms with E-state index in [4.69, 9.17) is 15.2 Å². The normalized spacial score (nSPS) is 28.8. The van der Waals surface area contributed by atoms with Crippen molar-refractivity contribution in [3.05, 3.63) is 41.8 Å². The third-order valence-electron chi connectivity index (χ3n) is 5.82. The van der Waals surface area contributed by atoms with Crippen LogP contribution in [0, 0.1) is 18.8 Å². The third kappa shape index (κ3) is 2.08. The van der Waals surface area contributed by atoms with Crippen molar-refractivity contribution in [3.63, 3.8) is 0 Å². The van der Waals surface area contributed by atoms with Gasteiger partial charge in [-0.25, -0.2) is 4.98 Å². The maximum absolute atomic E-state index is 6.09. The van der Waals surface area contributed by atoms with Crippen molar-refractivity contribution in [3.8, 4) is 11.5 Å². The zero-order valence-electron chi connectivity index (χ0n) is 13.6. The largest absolute Gasteiger partial charge is 0.339 e. The van der Waals surface area contributed by atoms with Gasteiger partial charge in [0.15, 0.2) is 0 Å².